The van der Waals surface area contributed by atoms with Crippen molar-refractivity contribution in [3.05, 3.63) is 30.3 Å². The highest BCUT2D eigenvalue weighted by molar-refractivity contribution is 5.77. The van der Waals surface area contributed by atoms with Crippen molar-refractivity contribution in [1.29, 1.82) is 0 Å². The van der Waals surface area contributed by atoms with Crippen LogP contribution in [0.5, 0.6) is 0 Å². The van der Waals surface area contributed by atoms with Crippen molar-refractivity contribution in [2.45, 2.75) is 0 Å². The van der Waals surface area contributed by atoms with E-state index in [-0.39, 0.29) is 5.96 Å². The third kappa shape index (κ3) is 2.37. The predicted octanol–water partition coefficient (Wildman–Crippen LogP) is 1.47. The molecule has 12 heavy (non-hydrogen) atoms. The monoisotopic (exact) mass is 164 g/mol. The van der Waals surface area contributed by atoms with Gasteiger partial charge in [-0.15, -0.1) is 10.2 Å². The largest absolute Gasteiger partial charge is 0.408 e. The maximum Gasteiger partial charge on any atom is 0.275 e. The Hall–Kier alpha value is -1.91. The van der Waals surface area contributed by atoms with Gasteiger partial charge in [0.05, 0.1) is 5.69 Å². The van der Waals surface area contributed by atoms with Crippen molar-refractivity contribution in [2.24, 2.45) is 21.1 Å². The van der Waals surface area contributed by atoms with Crippen molar-refractivity contribution < 1.29 is 5.21 Å². The second kappa shape index (κ2) is 4.07. The first-order chi connectivity index (χ1) is 5.83. The lowest BCUT2D eigenvalue weighted by atomic mass is 10.3. The number of azo groups is 1. The third-order valence-corrected chi connectivity index (χ3v) is 1.13. The van der Waals surface area contributed by atoms with E-state index in [0.717, 1.165) is 0 Å². The quantitative estimate of drug-likeness (QED) is 0.216. The molecule has 62 valence electrons. The smallest absolute Gasteiger partial charge is 0.275 e. The van der Waals surface area contributed by atoms with Crippen molar-refractivity contribution in [1.82, 2.24) is 0 Å². The van der Waals surface area contributed by atoms with Crippen LogP contribution in [0.1, 0.15) is 0 Å². The summed E-state index contributed by atoms with van der Waals surface area (Å²) in [6, 6.07) is 9.02. The van der Waals surface area contributed by atoms with Crippen molar-refractivity contribution in [2.75, 3.05) is 0 Å². The Bertz CT molecular complexity index is 294. The summed E-state index contributed by atoms with van der Waals surface area (Å²) in [5.41, 5.74) is 5.72. The van der Waals surface area contributed by atoms with Gasteiger partial charge in [0.2, 0.25) is 0 Å². The highest BCUT2D eigenvalue weighted by Crippen LogP contribution is 2.09. The van der Waals surface area contributed by atoms with E-state index < -0.39 is 0 Å². The van der Waals surface area contributed by atoms with Crippen LogP contribution < -0.4 is 5.73 Å². The maximum atomic E-state index is 8.12. The molecule has 0 atom stereocenters. The van der Waals surface area contributed by atoms with Crippen LogP contribution in [0.25, 0.3) is 0 Å². The molecular formula is C7H8N4O. The summed E-state index contributed by atoms with van der Waals surface area (Å²) in [5.74, 6) is -0.265. The topological polar surface area (TPSA) is 83.3 Å². The van der Waals surface area contributed by atoms with Gasteiger partial charge in [-0.2, -0.15) is 0 Å². The van der Waals surface area contributed by atoms with Gasteiger partial charge >= 0.3 is 0 Å². The van der Waals surface area contributed by atoms with Gasteiger partial charge in [-0.25, -0.2) is 0 Å². The van der Waals surface area contributed by atoms with Crippen molar-refractivity contribution in [3.63, 3.8) is 0 Å². The van der Waals surface area contributed by atoms with E-state index in [0.29, 0.717) is 5.69 Å². The fourth-order valence-corrected chi connectivity index (χ4v) is 0.624. The first-order valence-electron chi connectivity index (χ1n) is 3.27. The van der Waals surface area contributed by atoms with Gasteiger partial charge in [-0.1, -0.05) is 18.2 Å². The summed E-state index contributed by atoms with van der Waals surface area (Å²) in [7, 11) is 0. The van der Waals surface area contributed by atoms with E-state index >= 15 is 0 Å². The molecule has 0 spiro atoms. The summed E-state index contributed by atoms with van der Waals surface area (Å²) < 4.78 is 0. The highest BCUT2D eigenvalue weighted by atomic mass is 16.4. The van der Waals surface area contributed by atoms with Gasteiger partial charge in [0.25, 0.3) is 5.96 Å². The zero-order valence-electron chi connectivity index (χ0n) is 6.25. The van der Waals surface area contributed by atoms with Gasteiger partial charge < -0.3 is 10.9 Å². The molecule has 0 aliphatic heterocycles. The number of oxime groups is 1. The van der Waals surface area contributed by atoms with Crippen LogP contribution in [0.2, 0.25) is 0 Å². The van der Waals surface area contributed by atoms with E-state index in [2.05, 4.69) is 15.4 Å². The van der Waals surface area contributed by atoms with Gasteiger partial charge in [-0.3, -0.25) is 0 Å². The molecule has 0 amide bonds. The molecule has 1 aromatic rings. The number of hydrogen-bond donors (Lipinski definition) is 2. The Kier molecular flexibility index (Phi) is 2.78. The second-order valence-electron chi connectivity index (χ2n) is 1.99. The highest BCUT2D eigenvalue weighted by Gasteiger charge is 1.86. The first-order valence-corrected chi connectivity index (χ1v) is 3.27. The van der Waals surface area contributed by atoms with Gasteiger partial charge in [-0.05, 0) is 17.3 Å². The Labute approximate surface area is 69.2 Å². The fourth-order valence-electron chi connectivity index (χ4n) is 0.624. The molecule has 1 rings (SSSR count). The number of hydrogen-bond acceptors (Lipinski definition) is 3. The zero-order valence-corrected chi connectivity index (χ0v) is 6.25. The first kappa shape index (κ1) is 8.19. The number of rotatable bonds is 1. The summed E-state index contributed by atoms with van der Waals surface area (Å²) >= 11 is 0. The minimum absolute atomic E-state index is 0.265. The average molecular weight is 164 g/mol. The summed E-state index contributed by atoms with van der Waals surface area (Å²) in [4.78, 5) is 0. The molecule has 0 aliphatic rings. The van der Waals surface area contributed by atoms with Crippen LogP contribution >= 0.6 is 0 Å². The Morgan fingerprint density at radius 3 is 2.50 bits per heavy atom. The van der Waals surface area contributed by atoms with Crippen LogP contribution in [0.15, 0.2) is 45.7 Å². The van der Waals surface area contributed by atoms with Crippen LogP contribution in [0, 0.1) is 0 Å². The molecule has 0 aromatic heterocycles. The molecule has 0 heterocycles. The molecule has 0 saturated heterocycles. The number of guanidine groups is 1. The third-order valence-electron chi connectivity index (χ3n) is 1.13. The van der Waals surface area contributed by atoms with Crippen molar-refractivity contribution in [3.8, 4) is 0 Å². The van der Waals surface area contributed by atoms with Crippen LogP contribution in [0.3, 0.4) is 0 Å². The van der Waals surface area contributed by atoms with Gasteiger partial charge in [0.1, 0.15) is 0 Å². The Balaban J connectivity index is 2.70. The molecule has 1 aromatic carbocycles. The normalized spacial score (nSPS) is 12.2. The minimum Gasteiger partial charge on any atom is -0.408 e. The van der Waals surface area contributed by atoms with Gasteiger partial charge in [0.15, 0.2) is 0 Å². The lowest BCUT2D eigenvalue weighted by Crippen LogP contribution is -2.06. The Morgan fingerprint density at radius 2 is 1.92 bits per heavy atom. The molecule has 0 fully saturated rings. The predicted molar refractivity (Wildman–Crippen MR) is 44.4 cm³/mol. The molecule has 0 aliphatic carbocycles. The molecule has 3 N–H and O–H groups in total. The molecule has 5 heteroatoms. The number of nitrogens with two attached hydrogens (primary N) is 1. The standard InChI is InChI=1S/C7H8N4O/c8-7(11-12)10-9-6-4-2-1-3-5-6/h1-5,12H,(H2,8,11)/b10-9+. The molecular weight excluding hydrogens is 156 g/mol. The van der Waals surface area contributed by atoms with Crippen LogP contribution in [-0.2, 0) is 0 Å². The van der Waals surface area contributed by atoms with E-state index in [1.54, 1.807) is 12.1 Å². The average Bonchev–Trinajstić information content (AvgIpc) is 2.16. The number of nitrogens with zero attached hydrogens (tertiary/aromatic N) is 3. The summed E-state index contributed by atoms with van der Waals surface area (Å²) in [6.07, 6.45) is 0. The van der Waals surface area contributed by atoms with Crippen LogP contribution in [-0.4, -0.2) is 11.2 Å². The molecule has 0 unspecified atom stereocenters. The van der Waals surface area contributed by atoms with E-state index in [4.69, 9.17) is 10.9 Å². The SMILES string of the molecule is NC(=NO)/N=N/c1ccccc1. The van der Waals surface area contributed by atoms with E-state index in [1.165, 1.54) is 0 Å². The zero-order chi connectivity index (χ0) is 8.81. The fraction of sp³-hybridized carbons (Fsp3) is 0. The van der Waals surface area contributed by atoms with E-state index in [9.17, 15) is 0 Å². The molecule has 0 saturated carbocycles. The van der Waals surface area contributed by atoms with Crippen LogP contribution in [0.4, 0.5) is 5.69 Å². The summed E-state index contributed by atoms with van der Waals surface area (Å²) in [5, 5.41) is 17.9. The maximum absolute atomic E-state index is 8.12. The van der Waals surface area contributed by atoms with Crippen molar-refractivity contribution >= 4 is 11.6 Å². The summed E-state index contributed by atoms with van der Waals surface area (Å²) in [6.45, 7) is 0. The second-order valence-corrected chi connectivity index (χ2v) is 1.99. The Morgan fingerprint density at radius 1 is 1.25 bits per heavy atom. The van der Waals surface area contributed by atoms with E-state index in [1.807, 2.05) is 18.2 Å². The van der Waals surface area contributed by atoms with Gasteiger partial charge in [0, 0.05) is 0 Å². The molecule has 0 radical (unpaired) electrons. The lowest BCUT2D eigenvalue weighted by molar-refractivity contribution is 0.317. The lowest BCUT2D eigenvalue weighted by Gasteiger charge is -1.88. The number of benzene rings is 1. The minimum atomic E-state index is -0.265. The molecule has 5 nitrogen and oxygen atoms in total. The molecule has 0 bridgehead atoms.